The van der Waals surface area contributed by atoms with Crippen LogP contribution < -0.4 is 25.7 Å². The lowest BCUT2D eigenvalue weighted by atomic mass is 10.0. The van der Waals surface area contributed by atoms with E-state index in [2.05, 4.69) is 25.5 Å². The highest BCUT2D eigenvalue weighted by Crippen LogP contribution is 2.38. The van der Waals surface area contributed by atoms with Crippen molar-refractivity contribution in [3.8, 4) is 22.6 Å². The van der Waals surface area contributed by atoms with E-state index < -0.39 is 6.09 Å². The van der Waals surface area contributed by atoms with E-state index in [0.29, 0.717) is 70.6 Å². The predicted octanol–water partition coefficient (Wildman–Crippen LogP) is 2.90. The van der Waals surface area contributed by atoms with Gasteiger partial charge in [0.2, 0.25) is 5.95 Å². The average Bonchev–Trinajstić information content (AvgIpc) is 2.88. The van der Waals surface area contributed by atoms with Crippen molar-refractivity contribution in [2.45, 2.75) is 25.4 Å². The number of nitrogens with zero attached hydrogens (tertiary/aromatic N) is 4. The molecule has 1 saturated heterocycles. The molecule has 0 bridgehead atoms. The van der Waals surface area contributed by atoms with Crippen LogP contribution in [0.2, 0.25) is 5.02 Å². The van der Waals surface area contributed by atoms with Crippen LogP contribution in [-0.4, -0.2) is 77.6 Å². The van der Waals surface area contributed by atoms with E-state index in [-0.39, 0.29) is 11.6 Å². The van der Waals surface area contributed by atoms with Crippen molar-refractivity contribution >= 4 is 34.7 Å². The number of anilines is 1. The van der Waals surface area contributed by atoms with Gasteiger partial charge >= 0.3 is 6.09 Å². The Hall–Kier alpha value is -3.57. The summed E-state index contributed by atoms with van der Waals surface area (Å²) in [5, 5.41) is 15.4. The third-order valence-corrected chi connectivity index (χ3v) is 6.75. The molecule has 0 radical (unpaired) electrons. The smallest absolute Gasteiger partial charge is 0.404 e. The summed E-state index contributed by atoms with van der Waals surface area (Å²) in [6.45, 7) is 2.45. The summed E-state index contributed by atoms with van der Waals surface area (Å²) in [4.78, 5) is 35.8. The van der Waals surface area contributed by atoms with Crippen molar-refractivity contribution in [3.05, 3.63) is 39.8 Å². The van der Waals surface area contributed by atoms with Gasteiger partial charge in [0, 0.05) is 68.0 Å². The first-order valence-electron chi connectivity index (χ1n) is 11.6. The minimum Gasteiger partial charge on any atom is -0.497 e. The van der Waals surface area contributed by atoms with Crippen LogP contribution in [0, 0.1) is 0 Å². The number of nitrogens with one attached hydrogen (secondary N) is 2. The molecule has 192 valence electrons. The lowest BCUT2D eigenvalue weighted by Crippen LogP contribution is -2.45. The maximum Gasteiger partial charge on any atom is 0.404 e. The summed E-state index contributed by atoms with van der Waals surface area (Å²) in [6, 6.07) is 5.05. The number of methoxy groups -OCH3 is 2. The van der Waals surface area contributed by atoms with Gasteiger partial charge in [-0.15, -0.1) is 0 Å². The van der Waals surface area contributed by atoms with E-state index in [1.807, 2.05) is 0 Å². The number of aromatic nitrogens is 3. The second kappa shape index (κ2) is 11.0. The zero-order valence-electron chi connectivity index (χ0n) is 20.4. The van der Waals surface area contributed by atoms with Crippen LogP contribution >= 0.6 is 11.6 Å². The highest BCUT2D eigenvalue weighted by Gasteiger charge is 2.22. The van der Waals surface area contributed by atoms with Gasteiger partial charge in [-0.05, 0) is 25.0 Å². The maximum absolute atomic E-state index is 13.8. The maximum atomic E-state index is 13.8. The van der Waals surface area contributed by atoms with Crippen molar-refractivity contribution < 1.29 is 19.4 Å². The second-order valence-electron chi connectivity index (χ2n) is 8.49. The Morgan fingerprint density at radius 1 is 1.17 bits per heavy atom. The topological polar surface area (TPSA) is 131 Å². The Kier molecular flexibility index (Phi) is 7.80. The molecule has 0 unspecified atom stereocenters. The molecule has 0 spiro atoms. The molecule has 1 aliphatic rings. The minimum atomic E-state index is -1.00. The fourth-order valence-corrected chi connectivity index (χ4v) is 4.72. The van der Waals surface area contributed by atoms with Crippen molar-refractivity contribution in [2.24, 2.45) is 0 Å². The van der Waals surface area contributed by atoms with Crippen LogP contribution in [-0.2, 0) is 6.54 Å². The van der Waals surface area contributed by atoms with E-state index in [1.54, 1.807) is 36.0 Å². The van der Waals surface area contributed by atoms with Gasteiger partial charge < -0.3 is 30.1 Å². The van der Waals surface area contributed by atoms with Crippen LogP contribution in [0.4, 0.5) is 10.7 Å². The summed E-state index contributed by atoms with van der Waals surface area (Å²) in [5.41, 5.74) is 1.14. The number of carbonyl (C=O) groups is 1. The van der Waals surface area contributed by atoms with E-state index in [9.17, 15) is 9.59 Å². The highest BCUT2D eigenvalue weighted by molar-refractivity contribution is 6.35. The molecule has 3 heterocycles. The fourth-order valence-electron chi connectivity index (χ4n) is 4.43. The van der Waals surface area contributed by atoms with Crippen LogP contribution in [0.15, 0.2) is 29.2 Å². The number of hydrogen-bond donors (Lipinski definition) is 3. The molecule has 11 nitrogen and oxygen atoms in total. The number of benzene rings is 1. The number of halogens is 1. The third kappa shape index (κ3) is 5.31. The molecule has 1 aliphatic heterocycles. The Balaban J connectivity index is 1.72. The molecule has 36 heavy (non-hydrogen) atoms. The van der Waals surface area contributed by atoms with E-state index in [1.165, 1.54) is 14.2 Å². The zero-order valence-corrected chi connectivity index (χ0v) is 21.1. The second-order valence-corrected chi connectivity index (χ2v) is 8.87. The van der Waals surface area contributed by atoms with Gasteiger partial charge in [-0.1, -0.05) is 11.6 Å². The Labute approximate surface area is 213 Å². The predicted molar refractivity (Wildman–Crippen MR) is 138 cm³/mol. The molecule has 0 saturated carbocycles. The van der Waals surface area contributed by atoms with E-state index >= 15 is 0 Å². The number of rotatable bonds is 8. The van der Waals surface area contributed by atoms with Gasteiger partial charge in [0.25, 0.3) is 5.56 Å². The first kappa shape index (κ1) is 25.5. The summed E-state index contributed by atoms with van der Waals surface area (Å²) in [6.07, 6.45) is 2.10. The number of fused-ring (bicyclic) bond motifs is 1. The van der Waals surface area contributed by atoms with Crippen LogP contribution in [0.25, 0.3) is 22.2 Å². The van der Waals surface area contributed by atoms with Crippen molar-refractivity contribution in [2.75, 3.05) is 46.2 Å². The van der Waals surface area contributed by atoms with Gasteiger partial charge in [-0.3, -0.25) is 9.36 Å². The number of pyridine rings is 1. The van der Waals surface area contributed by atoms with Crippen LogP contribution in [0.1, 0.15) is 12.8 Å². The molecule has 4 rings (SSSR count). The number of piperidine rings is 1. The Morgan fingerprint density at radius 2 is 1.92 bits per heavy atom. The monoisotopic (exact) mass is 516 g/mol. The summed E-state index contributed by atoms with van der Waals surface area (Å²) in [7, 11) is 4.76. The van der Waals surface area contributed by atoms with Crippen molar-refractivity contribution in [1.82, 2.24) is 24.8 Å². The molecule has 2 aromatic heterocycles. The Bertz CT molecular complexity index is 1320. The largest absolute Gasteiger partial charge is 0.497 e. The van der Waals surface area contributed by atoms with E-state index in [0.717, 1.165) is 13.1 Å². The van der Waals surface area contributed by atoms with Gasteiger partial charge in [0.1, 0.15) is 17.1 Å². The first-order valence-corrected chi connectivity index (χ1v) is 11.9. The fraction of sp³-hybridized carbons (Fsp3) is 0.417. The molecule has 1 fully saturated rings. The lowest BCUT2D eigenvalue weighted by molar-refractivity contribution is 0.166. The van der Waals surface area contributed by atoms with Gasteiger partial charge in [0.15, 0.2) is 0 Å². The number of hydrogen-bond acceptors (Lipinski definition) is 8. The lowest BCUT2D eigenvalue weighted by Gasteiger charge is -2.31. The molecule has 0 aliphatic carbocycles. The molecule has 12 heteroatoms. The standard InChI is InChI=1S/C24H29ClN6O5/c1-26-23-27-13-14-10-18(17-11-16(35-2)12-19(36-3)20(17)25)22(32)31(21(14)29-23)9-8-30-6-4-15(5-7-30)28-24(33)34/h10-13,15,28H,4-9H2,1-3H3,(H,33,34)(H,26,27,29). The van der Waals surface area contributed by atoms with Crippen molar-refractivity contribution in [1.29, 1.82) is 0 Å². The zero-order chi connectivity index (χ0) is 25.8. The van der Waals surface area contributed by atoms with Gasteiger partial charge in [0.05, 0.1) is 19.2 Å². The van der Waals surface area contributed by atoms with Gasteiger partial charge in [-0.25, -0.2) is 9.78 Å². The van der Waals surface area contributed by atoms with Gasteiger partial charge in [-0.2, -0.15) is 4.98 Å². The van der Waals surface area contributed by atoms with Crippen LogP contribution in [0.3, 0.4) is 0 Å². The molecule has 1 amide bonds. The van der Waals surface area contributed by atoms with Crippen LogP contribution in [0.5, 0.6) is 11.5 Å². The summed E-state index contributed by atoms with van der Waals surface area (Å²) < 4.78 is 12.4. The normalized spacial score (nSPS) is 14.6. The molecular formula is C24H29ClN6O5. The quantitative estimate of drug-likeness (QED) is 0.413. The SMILES string of the molecule is CNc1ncc2cc(-c3cc(OC)cc(OC)c3Cl)c(=O)n(CCN3CCC(NC(=O)O)CC3)c2n1. The molecule has 0 atom stereocenters. The van der Waals surface area contributed by atoms with Crippen molar-refractivity contribution in [3.63, 3.8) is 0 Å². The molecular weight excluding hydrogens is 488 g/mol. The third-order valence-electron chi connectivity index (χ3n) is 6.36. The molecule has 3 aromatic rings. The number of carboxylic acid groups (broad SMARTS) is 1. The number of amides is 1. The summed E-state index contributed by atoms with van der Waals surface area (Å²) >= 11 is 6.62. The molecule has 3 N–H and O–H groups in total. The highest BCUT2D eigenvalue weighted by atomic mass is 35.5. The number of likely N-dealkylation sites (tertiary alicyclic amines) is 1. The first-order chi connectivity index (χ1) is 17.3. The van der Waals surface area contributed by atoms with E-state index in [4.69, 9.17) is 26.2 Å². The Morgan fingerprint density at radius 3 is 2.56 bits per heavy atom. The summed E-state index contributed by atoms with van der Waals surface area (Å²) in [5.74, 6) is 1.32. The molecule has 1 aromatic carbocycles. The average molecular weight is 517 g/mol. The number of ether oxygens (including phenoxy) is 2. The minimum absolute atomic E-state index is 0.0539.